The van der Waals surface area contributed by atoms with Crippen molar-refractivity contribution in [2.24, 2.45) is 5.92 Å². The topological polar surface area (TPSA) is 180 Å². The Balaban J connectivity index is 2.90. The molecule has 4 N–H and O–H groups in total. The molecule has 1 saturated carbocycles. The zero-order chi connectivity index (χ0) is 24.1. The van der Waals surface area contributed by atoms with E-state index in [9.17, 15) is 19.2 Å². The summed E-state index contributed by atoms with van der Waals surface area (Å²) in [7, 11) is 1.64. The highest BCUT2D eigenvalue weighted by atomic mass is 16.6. The molecule has 12 heteroatoms. The SMILES string of the molecule is CN(CCCCCCO)C(=O)C1C[C@@H](OCC(=O)O)C(OCC(=O)O)[C@H](OCC(=O)O)C1. The molecule has 2 atom stereocenters. The summed E-state index contributed by atoms with van der Waals surface area (Å²) >= 11 is 0. The predicted molar refractivity (Wildman–Crippen MR) is 108 cm³/mol. The van der Waals surface area contributed by atoms with Crippen LogP contribution in [-0.4, -0.2) is 107 Å². The van der Waals surface area contributed by atoms with Gasteiger partial charge in [0.25, 0.3) is 0 Å². The second-order valence-electron chi connectivity index (χ2n) is 7.72. The van der Waals surface area contributed by atoms with Crippen molar-refractivity contribution in [3.8, 4) is 0 Å². The quantitative estimate of drug-likeness (QED) is 0.223. The molecule has 0 radical (unpaired) electrons. The Kier molecular flexibility index (Phi) is 12.8. The highest BCUT2D eigenvalue weighted by molar-refractivity contribution is 5.79. The van der Waals surface area contributed by atoms with E-state index in [0.29, 0.717) is 13.0 Å². The van der Waals surface area contributed by atoms with E-state index in [1.807, 2.05) is 0 Å². The Morgan fingerprint density at radius 2 is 1.25 bits per heavy atom. The summed E-state index contributed by atoms with van der Waals surface area (Å²) in [6, 6.07) is 0. The summed E-state index contributed by atoms with van der Waals surface area (Å²) in [6.45, 7) is -1.48. The van der Waals surface area contributed by atoms with Crippen LogP contribution in [0.15, 0.2) is 0 Å². The molecule has 1 aliphatic carbocycles. The molecule has 1 fully saturated rings. The average Bonchev–Trinajstić information content (AvgIpc) is 2.73. The van der Waals surface area contributed by atoms with Gasteiger partial charge in [0.2, 0.25) is 5.91 Å². The minimum atomic E-state index is -1.27. The van der Waals surface area contributed by atoms with Crippen LogP contribution in [0.1, 0.15) is 38.5 Å². The molecule has 0 unspecified atom stereocenters. The van der Waals surface area contributed by atoms with E-state index in [1.54, 1.807) is 11.9 Å². The lowest BCUT2D eigenvalue weighted by atomic mass is 9.82. The average molecular weight is 463 g/mol. The maximum atomic E-state index is 13.0. The van der Waals surface area contributed by atoms with Crippen molar-refractivity contribution in [2.75, 3.05) is 40.0 Å². The van der Waals surface area contributed by atoms with Crippen LogP contribution in [0.3, 0.4) is 0 Å². The maximum Gasteiger partial charge on any atom is 0.329 e. The van der Waals surface area contributed by atoms with Crippen molar-refractivity contribution in [3.63, 3.8) is 0 Å². The highest BCUT2D eigenvalue weighted by Crippen LogP contribution is 2.32. The van der Waals surface area contributed by atoms with Crippen molar-refractivity contribution in [1.29, 1.82) is 0 Å². The van der Waals surface area contributed by atoms with Gasteiger partial charge in [0.05, 0.1) is 12.2 Å². The minimum Gasteiger partial charge on any atom is -0.480 e. The number of aliphatic hydroxyl groups excluding tert-OH is 1. The number of hydrogen-bond acceptors (Lipinski definition) is 8. The van der Waals surface area contributed by atoms with Crippen molar-refractivity contribution in [3.05, 3.63) is 0 Å². The van der Waals surface area contributed by atoms with Gasteiger partial charge in [-0.3, -0.25) is 4.79 Å². The summed E-state index contributed by atoms with van der Waals surface area (Å²) < 4.78 is 16.1. The van der Waals surface area contributed by atoms with Gasteiger partial charge < -0.3 is 39.5 Å². The van der Waals surface area contributed by atoms with Crippen LogP contribution in [-0.2, 0) is 33.4 Å². The van der Waals surface area contributed by atoms with Crippen LogP contribution in [0.25, 0.3) is 0 Å². The van der Waals surface area contributed by atoms with E-state index in [2.05, 4.69) is 0 Å². The zero-order valence-electron chi connectivity index (χ0n) is 18.2. The van der Waals surface area contributed by atoms with Crippen LogP contribution in [0, 0.1) is 5.92 Å². The summed E-state index contributed by atoms with van der Waals surface area (Å²) in [4.78, 5) is 47.4. The van der Waals surface area contributed by atoms with E-state index in [-0.39, 0.29) is 25.4 Å². The monoisotopic (exact) mass is 463 g/mol. The van der Waals surface area contributed by atoms with Crippen molar-refractivity contribution in [2.45, 2.75) is 56.8 Å². The van der Waals surface area contributed by atoms with Gasteiger partial charge in [-0.05, 0) is 25.7 Å². The third-order valence-corrected chi connectivity index (χ3v) is 5.13. The molecule has 0 aromatic carbocycles. The Morgan fingerprint density at radius 3 is 1.72 bits per heavy atom. The summed E-state index contributed by atoms with van der Waals surface area (Å²) in [5.41, 5.74) is 0. The second-order valence-corrected chi connectivity index (χ2v) is 7.72. The lowest BCUT2D eigenvalue weighted by Crippen LogP contribution is -2.52. The van der Waals surface area contributed by atoms with Gasteiger partial charge in [-0.2, -0.15) is 0 Å². The second kappa shape index (κ2) is 14.7. The molecule has 0 aromatic heterocycles. The standard InChI is InChI=1S/C20H33NO11/c1-21(6-4-2-3-5-7-22)20(29)13-8-14(30-10-16(23)24)19(32-12-18(27)28)15(9-13)31-11-17(25)26/h13-15,19,22H,2-12H2,1H3,(H,23,24)(H,25,26)(H,27,28)/t13?,14-,15-,19?/m1/s1. The van der Waals surface area contributed by atoms with Gasteiger partial charge >= 0.3 is 17.9 Å². The third-order valence-electron chi connectivity index (χ3n) is 5.13. The minimum absolute atomic E-state index is 0.0815. The Labute approximate surface area is 186 Å². The molecule has 184 valence electrons. The number of carbonyl (C=O) groups excluding carboxylic acids is 1. The van der Waals surface area contributed by atoms with Crippen LogP contribution in [0.2, 0.25) is 0 Å². The number of hydrogen-bond donors (Lipinski definition) is 4. The third kappa shape index (κ3) is 10.4. The van der Waals surface area contributed by atoms with Crippen LogP contribution in [0.4, 0.5) is 0 Å². The lowest BCUT2D eigenvalue weighted by molar-refractivity contribution is -0.189. The summed E-state index contributed by atoms with van der Waals surface area (Å²) in [6.07, 6.45) is 0.327. The molecule has 0 saturated heterocycles. The molecular weight excluding hydrogens is 430 g/mol. The van der Waals surface area contributed by atoms with E-state index in [4.69, 9.17) is 34.6 Å². The van der Waals surface area contributed by atoms with Gasteiger partial charge in [0.15, 0.2) is 0 Å². The first kappa shape index (κ1) is 27.8. The maximum absolute atomic E-state index is 13.0. The zero-order valence-corrected chi connectivity index (χ0v) is 18.2. The fraction of sp³-hybridized carbons (Fsp3) is 0.800. The molecule has 1 rings (SSSR count). The lowest BCUT2D eigenvalue weighted by Gasteiger charge is -2.41. The van der Waals surface area contributed by atoms with Gasteiger partial charge in [-0.15, -0.1) is 0 Å². The first-order valence-corrected chi connectivity index (χ1v) is 10.5. The van der Waals surface area contributed by atoms with E-state index < -0.39 is 62.0 Å². The number of aliphatic hydroxyl groups is 1. The number of carbonyl (C=O) groups is 4. The number of amides is 1. The number of carboxylic acid groups (broad SMARTS) is 3. The van der Waals surface area contributed by atoms with E-state index >= 15 is 0 Å². The molecule has 0 aromatic rings. The number of carboxylic acids is 3. The van der Waals surface area contributed by atoms with Crippen LogP contribution >= 0.6 is 0 Å². The molecule has 0 bridgehead atoms. The van der Waals surface area contributed by atoms with Gasteiger partial charge in [-0.1, -0.05) is 12.8 Å². The number of ether oxygens (including phenoxy) is 3. The molecular formula is C20H33NO11. The van der Waals surface area contributed by atoms with Crippen LogP contribution < -0.4 is 0 Å². The largest absolute Gasteiger partial charge is 0.480 e. The highest BCUT2D eigenvalue weighted by Gasteiger charge is 2.44. The smallest absolute Gasteiger partial charge is 0.329 e. The molecule has 0 spiro atoms. The van der Waals surface area contributed by atoms with Gasteiger partial charge in [-0.25, -0.2) is 14.4 Å². The first-order chi connectivity index (χ1) is 15.1. The normalized spacial score (nSPS) is 22.9. The predicted octanol–water partition coefficient (Wildman–Crippen LogP) is -0.183. The number of unbranched alkanes of at least 4 members (excludes halogenated alkanes) is 3. The van der Waals surface area contributed by atoms with Crippen molar-refractivity contribution in [1.82, 2.24) is 4.90 Å². The number of rotatable bonds is 16. The first-order valence-electron chi connectivity index (χ1n) is 10.5. The summed E-state index contributed by atoms with van der Waals surface area (Å²) in [5, 5.41) is 35.7. The molecule has 1 aliphatic rings. The number of nitrogens with zero attached hydrogens (tertiary/aromatic N) is 1. The van der Waals surface area contributed by atoms with E-state index in [0.717, 1.165) is 19.3 Å². The Hall–Kier alpha value is -2.28. The van der Waals surface area contributed by atoms with Crippen molar-refractivity contribution >= 4 is 23.8 Å². The molecule has 12 nitrogen and oxygen atoms in total. The molecule has 0 aliphatic heterocycles. The summed E-state index contributed by atoms with van der Waals surface area (Å²) in [5.74, 6) is -4.63. The van der Waals surface area contributed by atoms with Gasteiger partial charge in [0.1, 0.15) is 25.9 Å². The Bertz CT molecular complexity index is 599. The molecule has 1 amide bonds. The molecule has 32 heavy (non-hydrogen) atoms. The van der Waals surface area contributed by atoms with Gasteiger partial charge in [0, 0.05) is 26.1 Å². The molecule has 0 heterocycles. The Morgan fingerprint density at radius 1 is 0.781 bits per heavy atom. The van der Waals surface area contributed by atoms with Crippen LogP contribution in [0.5, 0.6) is 0 Å². The fourth-order valence-corrected chi connectivity index (χ4v) is 3.67. The van der Waals surface area contributed by atoms with Crippen molar-refractivity contribution < 1.29 is 53.8 Å². The van der Waals surface area contributed by atoms with E-state index in [1.165, 1.54) is 0 Å². The number of aliphatic carboxylic acids is 3. The fourth-order valence-electron chi connectivity index (χ4n) is 3.67.